The number of ether oxygens (including phenoxy) is 1. The highest BCUT2D eigenvalue weighted by atomic mass is 32.1. The number of guanidine groups is 1. The maximum Gasteiger partial charge on any atom is 0.257 e. The SMILES string of the molecule is Cc1cc(=O)n2c(n1)NC(N1CCOCC1)=NC2c1cccs1. The van der Waals surface area contributed by atoms with Gasteiger partial charge in [0, 0.05) is 29.7 Å². The van der Waals surface area contributed by atoms with Gasteiger partial charge in [0.05, 0.1) is 13.2 Å². The minimum Gasteiger partial charge on any atom is -0.378 e. The van der Waals surface area contributed by atoms with E-state index in [1.54, 1.807) is 22.0 Å². The highest BCUT2D eigenvalue weighted by Crippen LogP contribution is 2.29. The number of hydrogen-bond acceptors (Lipinski definition) is 7. The minimum absolute atomic E-state index is 0.0943. The fourth-order valence-corrected chi connectivity index (χ4v) is 3.55. The van der Waals surface area contributed by atoms with Crippen molar-refractivity contribution in [2.45, 2.75) is 13.1 Å². The van der Waals surface area contributed by atoms with Crippen LogP contribution in [0.1, 0.15) is 16.7 Å². The summed E-state index contributed by atoms with van der Waals surface area (Å²) in [7, 11) is 0. The number of nitrogens with one attached hydrogen (secondary N) is 1. The van der Waals surface area contributed by atoms with Gasteiger partial charge in [0.2, 0.25) is 11.9 Å². The Hall–Kier alpha value is -2.19. The molecule has 0 amide bonds. The third kappa shape index (κ3) is 2.64. The van der Waals surface area contributed by atoms with Crippen molar-refractivity contribution in [2.24, 2.45) is 4.99 Å². The predicted octanol–water partition coefficient (Wildman–Crippen LogP) is 1.27. The molecule has 23 heavy (non-hydrogen) atoms. The number of rotatable bonds is 1. The lowest BCUT2D eigenvalue weighted by atomic mass is 10.3. The van der Waals surface area contributed by atoms with E-state index in [-0.39, 0.29) is 11.7 Å². The van der Waals surface area contributed by atoms with Crippen LogP contribution in [0, 0.1) is 6.92 Å². The molecule has 0 spiro atoms. The Morgan fingerprint density at radius 3 is 2.96 bits per heavy atom. The van der Waals surface area contributed by atoms with Crippen LogP contribution in [0.2, 0.25) is 0 Å². The molecule has 4 rings (SSSR count). The van der Waals surface area contributed by atoms with E-state index >= 15 is 0 Å². The van der Waals surface area contributed by atoms with Crippen molar-refractivity contribution in [1.29, 1.82) is 0 Å². The van der Waals surface area contributed by atoms with Gasteiger partial charge in [-0.25, -0.2) is 9.98 Å². The van der Waals surface area contributed by atoms with Gasteiger partial charge >= 0.3 is 0 Å². The van der Waals surface area contributed by atoms with Crippen LogP contribution < -0.4 is 10.9 Å². The van der Waals surface area contributed by atoms with Gasteiger partial charge in [-0.1, -0.05) is 6.07 Å². The summed E-state index contributed by atoms with van der Waals surface area (Å²) in [5, 5.41) is 5.21. The first-order valence-electron chi connectivity index (χ1n) is 7.53. The molecule has 0 aromatic carbocycles. The number of aliphatic imine (C=N–C) groups is 1. The molecule has 1 N–H and O–H groups in total. The monoisotopic (exact) mass is 331 g/mol. The van der Waals surface area contributed by atoms with Gasteiger partial charge < -0.3 is 9.64 Å². The Bertz CT molecular complexity index is 793. The summed E-state index contributed by atoms with van der Waals surface area (Å²) >= 11 is 1.59. The second-order valence-corrected chi connectivity index (χ2v) is 6.47. The third-order valence-corrected chi connectivity index (χ3v) is 4.81. The van der Waals surface area contributed by atoms with Crippen molar-refractivity contribution >= 4 is 23.2 Å². The molecule has 7 nitrogen and oxygen atoms in total. The number of aryl methyl sites for hydroxylation is 1. The fraction of sp³-hybridized carbons (Fsp3) is 0.400. The zero-order valence-corrected chi connectivity index (χ0v) is 13.5. The Labute approximate surface area is 137 Å². The van der Waals surface area contributed by atoms with Crippen LogP contribution in [0.3, 0.4) is 0 Å². The minimum atomic E-state index is -0.371. The molecule has 0 aliphatic carbocycles. The molecule has 1 atom stereocenters. The van der Waals surface area contributed by atoms with Gasteiger partial charge in [-0.3, -0.25) is 14.7 Å². The summed E-state index contributed by atoms with van der Waals surface area (Å²) in [4.78, 5) is 24.9. The second kappa shape index (κ2) is 5.78. The lowest BCUT2D eigenvalue weighted by Gasteiger charge is -2.34. The van der Waals surface area contributed by atoms with Crippen LogP contribution >= 0.6 is 11.3 Å². The Balaban J connectivity index is 1.81. The fourth-order valence-electron chi connectivity index (χ4n) is 2.80. The van der Waals surface area contributed by atoms with Crippen LogP contribution in [0.15, 0.2) is 33.4 Å². The Morgan fingerprint density at radius 1 is 1.39 bits per heavy atom. The van der Waals surface area contributed by atoms with Crippen molar-refractivity contribution in [2.75, 3.05) is 31.6 Å². The summed E-state index contributed by atoms with van der Waals surface area (Å²) in [6.45, 7) is 4.74. The molecule has 2 aliphatic rings. The molecule has 1 fully saturated rings. The van der Waals surface area contributed by atoms with E-state index < -0.39 is 0 Å². The molecule has 2 aromatic heterocycles. The quantitative estimate of drug-likeness (QED) is 0.852. The third-order valence-electron chi connectivity index (χ3n) is 3.90. The van der Waals surface area contributed by atoms with Crippen molar-refractivity contribution in [3.8, 4) is 0 Å². The second-order valence-electron chi connectivity index (χ2n) is 5.50. The predicted molar refractivity (Wildman–Crippen MR) is 89.1 cm³/mol. The van der Waals surface area contributed by atoms with Gasteiger partial charge in [0.25, 0.3) is 5.56 Å². The van der Waals surface area contributed by atoms with E-state index in [0.29, 0.717) is 24.9 Å². The molecule has 1 unspecified atom stereocenters. The molecule has 4 heterocycles. The molecule has 8 heteroatoms. The summed E-state index contributed by atoms with van der Waals surface area (Å²) in [5.41, 5.74) is 0.602. The highest BCUT2D eigenvalue weighted by Gasteiger charge is 2.28. The van der Waals surface area contributed by atoms with E-state index in [2.05, 4.69) is 15.2 Å². The van der Waals surface area contributed by atoms with E-state index in [9.17, 15) is 4.79 Å². The van der Waals surface area contributed by atoms with E-state index in [1.165, 1.54) is 0 Å². The number of morpholine rings is 1. The molecule has 2 aromatic rings. The average molecular weight is 331 g/mol. The standard InChI is InChI=1S/C15H17N5O2S/c1-10-9-12(21)20-13(11-3-2-8-23-11)17-14(18-15(20)16-10)19-4-6-22-7-5-19/h2-3,8-9,13H,4-7H2,1H3,(H,16,17,18). The van der Waals surface area contributed by atoms with Crippen molar-refractivity contribution in [1.82, 2.24) is 14.5 Å². The van der Waals surface area contributed by atoms with Crippen LogP contribution in [-0.2, 0) is 4.74 Å². The molecular formula is C15H17N5O2S. The summed E-state index contributed by atoms with van der Waals surface area (Å²) < 4.78 is 7.02. The largest absolute Gasteiger partial charge is 0.378 e. The lowest BCUT2D eigenvalue weighted by molar-refractivity contribution is 0.0675. The zero-order valence-electron chi connectivity index (χ0n) is 12.7. The van der Waals surface area contributed by atoms with Gasteiger partial charge in [0.1, 0.15) is 0 Å². The molecular weight excluding hydrogens is 314 g/mol. The van der Waals surface area contributed by atoms with E-state index in [1.807, 2.05) is 24.4 Å². The first kappa shape index (κ1) is 14.4. The molecule has 0 bridgehead atoms. The normalized spacial score (nSPS) is 20.7. The molecule has 1 saturated heterocycles. The summed E-state index contributed by atoms with van der Waals surface area (Å²) in [6.07, 6.45) is -0.371. The van der Waals surface area contributed by atoms with Crippen molar-refractivity contribution < 1.29 is 4.74 Å². The molecule has 2 aliphatic heterocycles. The maximum absolute atomic E-state index is 12.5. The number of hydrogen-bond donors (Lipinski definition) is 1. The highest BCUT2D eigenvalue weighted by molar-refractivity contribution is 7.10. The summed E-state index contributed by atoms with van der Waals surface area (Å²) in [5.74, 6) is 1.30. The van der Waals surface area contributed by atoms with E-state index in [4.69, 9.17) is 9.73 Å². The van der Waals surface area contributed by atoms with Crippen LogP contribution in [0.25, 0.3) is 0 Å². The molecule has 120 valence electrons. The number of aromatic nitrogens is 2. The topological polar surface area (TPSA) is 71.8 Å². The summed E-state index contributed by atoms with van der Waals surface area (Å²) in [6, 6.07) is 5.51. The maximum atomic E-state index is 12.5. The number of anilines is 1. The first-order chi connectivity index (χ1) is 11.2. The molecule has 0 saturated carbocycles. The van der Waals surface area contributed by atoms with Gasteiger partial charge in [-0.2, -0.15) is 0 Å². The van der Waals surface area contributed by atoms with E-state index in [0.717, 1.165) is 23.9 Å². The number of thiophene rings is 1. The Morgan fingerprint density at radius 2 is 2.22 bits per heavy atom. The van der Waals surface area contributed by atoms with Gasteiger partial charge in [0.15, 0.2) is 6.17 Å². The zero-order chi connectivity index (χ0) is 15.8. The Kier molecular flexibility index (Phi) is 3.62. The van der Waals surface area contributed by atoms with Gasteiger partial charge in [-0.15, -0.1) is 11.3 Å². The van der Waals surface area contributed by atoms with Crippen molar-refractivity contribution in [3.05, 3.63) is 44.5 Å². The van der Waals surface area contributed by atoms with Crippen LogP contribution in [0.5, 0.6) is 0 Å². The number of fused-ring (bicyclic) bond motifs is 1. The van der Waals surface area contributed by atoms with Crippen LogP contribution in [0.4, 0.5) is 5.95 Å². The molecule has 0 radical (unpaired) electrons. The average Bonchev–Trinajstić information content (AvgIpc) is 3.08. The number of nitrogens with zero attached hydrogens (tertiary/aromatic N) is 4. The van der Waals surface area contributed by atoms with Gasteiger partial charge in [-0.05, 0) is 18.4 Å². The first-order valence-corrected chi connectivity index (χ1v) is 8.41. The van der Waals surface area contributed by atoms with Crippen molar-refractivity contribution in [3.63, 3.8) is 0 Å². The smallest absolute Gasteiger partial charge is 0.257 e. The lowest BCUT2D eigenvalue weighted by Crippen LogP contribution is -2.47. The van der Waals surface area contributed by atoms with Crippen LogP contribution in [-0.4, -0.2) is 46.7 Å².